The first-order chi connectivity index (χ1) is 14.8. The quantitative estimate of drug-likeness (QED) is 0.580. The fourth-order valence-electron chi connectivity index (χ4n) is 4.06. The van der Waals surface area contributed by atoms with E-state index in [-0.39, 0.29) is 12.0 Å². The highest BCUT2D eigenvalue weighted by Gasteiger charge is 2.29. The third-order valence-electron chi connectivity index (χ3n) is 5.63. The van der Waals surface area contributed by atoms with E-state index in [1.807, 2.05) is 24.3 Å². The zero-order chi connectivity index (χ0) is 20.8. The summed E-state index contributed by atoms with van der Waals surface area (Å²) < 4.78 is 0. The Hall–Kier alpha value is -3.07. The maximum absolute atomic E-state index is 9.73. The van der Waals surface area contributed by atoms with E-state index in [2.05, 4.69) is 69.4 Å². The van der Waals surface area contributed by atoms with E-state index >= 15 is 0 Å². The van der Waals surface area contributed by atoms with Gasteiger partial charge in [-0.2, -0.15) is 5.26 Å². The number of hydrogen-bond acceptors (Lipinski definition) is 4. The van der Waals surface area contributed by atoms with Crippen molar-refractivity contribution >= 4 is 17.2 Å². The maximum Gasteiger partial charge on any atom is 0.125 e. The van der Waals surface area contributed by atoms with Crippen LogP contribution in [0.5, 0.6) is 0 Å². The van der Waals surface area contributed by atoms with Gasteiger partial charge in [0.15, 0.2) is 0 Å². The van der Waals surface area contributed by atoms with Crippen LogP contribution in [0.2, 0.25) is 0 Å². The molecule has 1 unspecified atom stereocenters. The molecule has 3 aromatic rings. The second-order valence-electron chi connectivity index (χ2n) is 7.43. The van der Waals surface area contributed by atoms with Crippen molar-refractivity contribution < 1.29 is 0 Å². The van der Waals surface area contributed by atoms with E-state index in [0.29, 0.717) is 0 Å². The van der Waals surface area contributed by atoms with Gasteiger partial charge in [0, 0.05) is 44.1 Å². The predicted molar refractivity (Wildman–Crippen MR) is 123 cm³/mol. The van der Waals surface area contributed by atoms with Gasteiger partial charge < -0.3 is 4.90 Å². The third kappa shape index (κ3) is 4.40. The summed E-state index contributed by atoms with van der Waals surface area (Å²) >= 11 is 6.02. The van der Waals surface area contributed by atoms with Crippen LogP contribution >= 0.6 is 12.2 Å². The van der Waals surface area contributed by atoms with Gasteiger partial charge >= 0.3 is 0 Å². The van der Waals surface area contributed by atoms with Crippen molar-refractivity contribution in [3.8, 4) is 6.07 Å². The van der Waals surface area contributed by atoms with E-state index in [1.165, 1.54) is 11.1 Å². The zero-order valence-electron chi connectivity index (χ0n) is 16.8. The Bertz CT molecular complexity index is 954. The number of nitrogens with zero attached hydrogens (tertiary/aromatic N) is 4. The average Bonchev–Trinajstić information content (AvgIpc) is 2.82. The fraction of sp³-hybridized carbons (Fsp3) is 0.240. The predicted octanol–water partition coefficient (Wildman–Crippen LogP) is 4.42. The lowest BCUT2D eigenvalue weighted by molar-refractivity contribution is 0.156. The van der Waals surface area contributed by atoms with Crippen molar-refractivity contribution in [2.24, 2.45) is 0 Å². The second kappa shape index (κ2) is 9.62. The molecule has 1 aliphatic rings. The Kier molecular flexibility index (Phi) is 6.48. The summed E-state index contributed by atoms with van der Waals surface area (Å²) in [5.74, 6) is 0.0547. The van der Waals surface area contributed by atoms with Crippen LogP contribution in [-0.2, 0) is 0 Å². The summed E-state index contributed by atoms with van der Waals surface area (Å²) in [4.78, 5) is 9.64. The summed E-state index contributed by atoms with van der Waals surface area (Å²) in [7, 11) is 0. The lowest BCUT2D eigenvalue weighted by Gasteiger charge is -2.40. The molecule has 4 rings (SSSR count). The van der Waals surface area contributed by atoms with Gasteiger partial charge in [0.2, 0.25) is 0 Å². The van der Waals surface area contributed by atoms with Gasteiger partial charge in [-0.05, 0) is 17.2 Å². The molecule has 30 heavy (non-hydrogen) atoms. The number of rotatable bonds is 5. The molecule has 0 radical (unpaired) electrons. The van der Waals surface area contributed by atoms with Crippen molar-refractivity contribution in [3.63, 3.8) is 0 Å². The van der Waals surface area contributed by atoms with Crippen molar-refractivity contribution in [3.05, 3.63) is 102 Å². The highest BCUT2D eigenvalue weighted by Crippen LogP contribution is 2.29. The molecule has 2 heterocycles. The minimum absolute atomic E-state index is 0.0547. The topological polar surface area (TPSA) is 43.2 Å². The van der Waals surface area contributed by atoms with Crippen molar-refractivity contribution in [1.82, 2.24) is 14.8 Å². The maximum atomic E-state index is 9.73. The standard InChI is InChI=1S/C25H24N4S/c26-18-23(22-12-7-13-27-19-22)28-14-16-29(17-15-28)25(30)24(20-8-3-1-4-9-20)21-10-5-2-6-11-21/h1-13,19,23-24H,14-17H2. The molecule has 5 heteroatoms. The van der Waals surface area contributed by atoms with Gasteiger partial charge in [-0.25, -0.2) is 0 Å². The summed E-state index contributed by atoms with van der Waals surface area (Å²) in [6.07, 6.45) is 3.52. The van der Waals surface area contributed by atoms with Crippen LogP contribution in [0.25, 0.3) is 0 Å². The number of benzene rings is 2. The normalized spacial score (nSPS) is 15.5. The molecule has 1 aromatic heterocycles. The van der Waals surface area contributed by atoms with Crippen molar-refractivity contribution in [2.45, 2.75) is 12.0 Å². The van der Waals surface area contributed by atoms with E-state index in [4.69, 9.17) is 12.2 Å². The van der Waals surface area contributed by atoms with Gasteiger partial charge in [0.1, 0.15) is 6.04 Å². The lowest BCUT2D eigenvalue weighted by atomic mass is 9.90. The van der Waals surface area contributed by atoms with E-state index < -0.39 is 0 Å². The van der Waals surface area contributed by atoms with Crippen LogP contribution in [0.15, 0.2) is 85.2 Å². The Morgan fingerprint density at radius 2 is 1.40 bits per heavy atom. The number of nitriles is 1. The van der Waals surface area contributed by atoms with Crippen molar-refractivity contribution in [1.29, 1.82) is 5.26 Å². The highest BCUT2D eigenvalue weighted by atomic mass is 32.1. The van der Waals surface area contributed by atoms with E-state index in [0.717, 1.165) is 36.7 Å². The summed E-state index contributed by atoms with van der Waals surface area (Å²) in [5, 5.41) is 9.73. The molecule has 1 aliphatic heterocycles. The van der Waals surface area contributed by atoms with Crippen LogP contribution < -0.4 is 0 Å². The third-order valence-corrected chi connectivity index (χ3v) is 6.12. The molecular formula is C25H24N4S. The number of piperazine rings is 1. The SMILES string of the molecule is N#CC(c1cccnc1)N1CCN(C(=S)C(c2ccccc2)c2ccccc2)CC1. The Morgan fingerprint density at radius 3 is 1.90 bits per heavy atom. The smallest absolute Gasteiger partial charge is 0.125 e. The molecule has 1 fully saturated rings. The fourth-order valence-corrected chi connectivity index (χ4v) is 4.51. The summed E-state index contributed by atoms with van der Waals surface area (Å²) in [5.41, 5.74) is 3.37. The van der Waals surface area contributed by atoms with E-state index in [1.54, 1.807) is 12.4 Å². The molecule has 4 nitrogen and oxygen atoms in total. The highest BCUT2D eigenvalue weighted by molar-refractivity contribution is 7.80. The average molecular weight is 413 g/mol. The van der Waals surface area contributed by atoms with Gasteiger partial charge in [-0.3, -0.25) is 9.88 Å². The van der Waals surface area contributed by atoms with Crippen LogP contribution in [-0.4, -0.2) is 46.0 Å². The molecule has 150 valence electrons. The van der Waals surface area contributed by atoms with Gasteiger partial charge in [0.25, 0.3) is 0 Å². The molecule has 0 amide bonds. The Morgan fingerprint density at radius 1 is 0.833 bits per heavy atom. The minimum atomic E-state index is -0.270. The van der Waals surface area contributed by atoms with Gasteiger partial charge in [0.05, 0.1) is 17.0 Å². The molecule has 0 N–H and O–H groups in total. The van der Waals surface area contributed by atoms with Gasteiger partial charge in [-0.15, -0.1) is 0 Å². The first-order valence-electron chi connectivity index (χ1n) is 10.2. The molecule has 0 bridgehead atoms. The number of pyridine rings is 1. The van der Waals surface area contributed by atoms with Crippen LogP contribution in [0.1, 0.15) is 28.7 Å². The van der Waals surface area contributed by atoms with Crippen molar-refractivity contribution in [2.75, 3.05) is 26.2 Å². The second-order valence-corrected chi connectivity index (χ2v) is 7.85. The molecule has 2 aromatic carbocycles. The molecule has 0 aliphatic carbocycles. The van der Waals surface area contributed by atoms with E-state index in [9.17, 15) is 5.26 Å². The van der Waals surface area contributed by atoms with Crippen LogP contribution in [0.4, 0.5) is 0 Å². The Balaban J connectivity index is 1.50. The number of thiocarbonyl (C=S) groups is 1. The zero-order valence-corrected chi connectivity index (χ0v) is 17.6. The first-order valence-corrected chi connectivity index (χ1v) is 10.6. The number of hydrogen-bond donors (Lipinski definition) is 0. The molecule has 0 saturated carbocycles. The minimum Gasteiger partial charge on any atom is -0.363 e. The van der Waals surface area contributed by atoms with Gasteiger partial charge in [-0.1, -0.05) is 78.9 Å². The molecule has 0 spiro atoms. The summed E-state index contributed by atoms with van der Waals surface area (Å²) in [6.45, 7) is 3.22. The van der Waals surface area contributed by atoms with Crippen LogP contribution in [0, 0.1) is 11.3 Å². The largest absolute Gasteiger partial charge is 0.363 e. The monoisotopic (exact) mass is 412 g/mol. The molecule has 1 atom stereocenters. The number of aromatic nitrogens is 1. The lowest BCUT2D eigenvalue weighted by Crippen LogP contribution is -2.50. The summed E-state index contributed by atoms with van der Waals surface area (Å²) in [6, 6.07) is 27.0. The molecular weight excluding hydrogens is 388 g/mol. The molecule has 1 saturated heterocycles. The Labute approximate surface area is 183 Å². The van der Waals surface area contributed by atoms with Crippen LogP contribution in [0.3, 0.4) is 0 Å². The first kappa shape index (κ1) is 20.2.